The minimum absolute atomic E-state index is 0.382. The molecule has 0 saturated carbocycles. The summed E-state index contributed by atoms with van der Waals surface area (Å²) in [6.07, 6.45) is 3.48. The second-order valence-corrected chi connectivity index (χ2v) is 5.93. The van der Waals surface area contributed by atoms with Gasteiger partial charge in [0.2, 0.25) is 0 Å². The van der Waals surface area contributed by atoms with E-state index in [0.717, 1.165) is 22.3 Å². The summed E-state index contributed by atoms with van der Waals surface area (Å²) < 4.78 is 10.1. The Morgan fingerprint density at radius 1 is 1.08 bits per heavy atom. The van der Waals surface area contributed by atoms with Crippen LogP contribution < -0.4 is 0 Å². The van der Waals surface area contributed by atoms with Crippen molar-refractivity contribution < 1.29 is 19.1 Å². The monoisotopic (exact) mass is 334 g/mol. The zero-order valence-electron chi connectivity index (χ0n) is 14.3. The lowest BCUT2D eigenvalue weighted by Gasteiger charge is -2.06. The Kier molecular flexibility index (Phi) is 4.52. The highest BCUT2D eigenvalue weighted by molar-refractivity contribution is 6.05. The van der Waals surface area contributed by atoms with Crippen LogP contribution in [0.15, 0.2) is 54.1 Å². The van der Waals surface area contributed by atoms with Gasteiger partial charge < -0.3 is 9.47 Å². The fourth-order valence-electron chi connectivity index (χ4n) is 2.72. The molecule has 25 heavy (non-hydrogen) atoms. The van der Waals surface area contributed by atoms with Gasteiger partial charge in [0.15, 0.2) is 0 Å². The van der Waals surface area contributed by atoms with Crippen LogP contribution >= 0.6 is 0 Å². The fourth-order valence-corrected chi connectivity index (χ4v) is 2.72. The van der Waals surface area contributed by atoms with E-state index in [0.29, 0.717) is 16.9 Å². The summed E-state index contributed by atoms with van der Waals surface area (Å²) in [6.45, 7) is 4.01. The van der Waals surface area contributed by atoms with E-state index in [9.17, 15) is 9.59 Å². The third-order valence-electron chi connectivity index (χ3n) is 4.03. The van der Waals surface area contributed by atoms with E-state index in [1.807, 2.05) is 26.0 Å². The first-order chi connectivity index (χ1) is 12.0. The maximum atomic E-state index is 12.1. The van der Waals surface area contributed by atoms with Crippen molar-refractivity contribution in [3.05, 3.63) is 81.9 Å². The Hall–Kier alpha value is -3.14. The van der Waals surface area contributed by atoms with Gasteiger partial charge in [-0.25, -0.2) is 9.59 Å². The first-order valence-electron chi connectivity index (χ1n) is 7.89. The van der Waals surface area contributed by atoms with Crippen LogP contribution in [0.2, 0.25) is 0 Å². The highest BCUT2D eigenvalue weighted by Gasteiger charge is 2.23. The zero-order valence-corrected chi connectivity index (χ0v) is 14.3. The lowest BCUT2D eigenvalue weighted by Crippen LogP contribution is -2.00. The molecule has 0 radical (unpaired) electrons. The lowest BCUT2D eigenvalue weighted by atomic mass is 10.0. The van der Waals surface area contributed by atoms with Crippen LogP contribution in [0.4, 0.5) is 0 Å². The molecular weight excluding hydrogens is 316 g/mol. The van der Waals surface area contributed by atoms with E-state index < -0.39 is 5.97 Å². The first-order valence-corrected chi connectivity index (χ1v) is 7.89. The predicted octanol–water partition coefficient (Wildman–Crippen LogP) is 4.07. The van der Waals surface area contributed by atoms with Crippen LogP contribution in [0.3, 0.4) is 0 Å². The molecule has 3 rings (SSSR count). The van der Waals surface area contributed by atoms with Crippen LogP contribution in [0.5, 0.6) is 0 Å². The maximum absolute atomic E-state index is 12.1. The second kappa shape index (κ2) is 6.77. The largest absolute Gasteiger partial charge is 0.465 e. The van der Waals surface area contributed by atoms with Crippen LogP contribution in [0.25, 0.3) is 11.8 Å². The van der Waals surface area contributed by atoms with E-state index in [-0.39, 0.29) is 5.97 Å². The summed E-state index contributed by atoms with van der Waals surface area (Å²) in [5, 5.41) is 0. The van der Waals surface area contributed by atoms with Crippen molar-refractivity contribution in [3.8, 4) is 0 Å². The van der Waals surface area contributed by atoms with Crippen molar-refractivity contribution in [2.24, 2.45) is 0 Å². The van der Waals surface area contributed by atoms with Crippen molar-refractivity contribution in [2.45, 2.75) is 13.8 Å². The molecule has 1 aliphatic heterocycles. The summed E-state index contributed by atoms with van der Waals surface area (Å²) in [5.74, 6) is -0.219. The van der Waals surface area contributed by atoms with Gasteiger partial charge in [0, 0.05) is 5.56 Å². The quantitative estimate of drug-likeness (QED) is 0.627. The molecule has 0 spiro atoms. The summed E-state index contributed by atoms with van der Waals surface area (Å²) in [4.78, 5) is 23.6. The Balaban J connectivity index is 1.89. The molecule has 0 aliphatic carbocycles. The summed E-state index contributed by atoms with van der Waals surface area (Å²) in [5.41, 5.74) is 4.86. The normalized spacial score (nSPS) is 15.1. The number of hydrogen-bond acceptors (Lipinski definition) is 4. The van der Waals surface area contributed by atoms with Crippen molar-refractivity contribution in [2.75, 3.05) is 7.11 Å². The molecular formula is C21H18O4. The van der Waals surface area contributed by atoms with Crippen molar-refractivity contribution in [3.63, 3.8) is 0 Å². The van der Waals surface area contributed by atoms with Gasteiger partial charge in [0.1, 0.15) is 5.76 Å². The number of carbonyl (C=O) groups excluding carboxylic acids is 2. The van der Waals surface area contributed by atoms with E-state index >= 15 is 0 Å². The molecule has 2 aromatic rings. The standard InChI is InChI=1S/C21H18O4/c1-13-4-9-18(14(2)10-13)19-12-17(21(23)25-19)11-15-5-7-16(8-6-15)20(22)24-3/h4-12H,1-3H3/b17-11+. The second-order valence-electron chi connectivity index (χ2n) is 5.93. The van der Waals surface area contributed by atoms with Crippen LogP contribution in [0.1, 0.15) is 32.6 Å². The van der Waals surface area contributed by atoms with Gasteiger partial charge in [-0.1, -0.05) is 35.9 Å². The maximum Gasteiger partial charge on any atom is 0.343 e. The molecule has 1 heterocycles. The molecule has 0 amide bonds. The molecule has 0 aromatic heterocycles. The minimum atomic E-state index is -0.392. The average molecular weight is 334 g/mol. The number of aryl methyl sites for hydroxylation is 2. The molecule has 1 aliphatic rings. The van der Waals surface area contributed by atoms with Crippen LogP contribution in [0, 0.1) is 13.8 Å². The Morgan fingerprint density at radius 3 is 2.44 bits per heavy atom. The average Bonchev–Trinajstić information content (AvgIpc) is 2.95. The summed E-state index contributed by atoms with van der Waals surface area (Å²) in [6, 6.07) is 12.8. The molecule has 0 fully saturated rings. The number of esters is 2. The smallest absolute Gasteiger partial charge is 0.343 e. The lowest BCUT2D eigenvalue weighted by molar-refractivity contribution is -0.130. The number of cyclic esters (lactones) is 1. The van der Waals surface area contributed by atoms with E-state index in [1.54, 1.807) is 36.4 Å². The number of benzene rings is 2. The predicted molar refractivity (Wildman–Crippen MR) is 95.7 cm³/mol. The van der Waals surface area contributed by atoms with E-state index in [4.69, 9.17) is 4.74 Å². The Labute approximate surface area is 146 Å². The van der Waals surface area contributed by atoms with Gasteiger partial charge in [0.05, 0.1) is 18.2 Å². The number of rotatable bonds is 3. The van der Waals surface area contributed by atoms with Crippen LogP contribution in [-0.4, -0.2) is 19.0 Å². The highest BCUT2D eigenvalue weighted by atomic mass is 16.5. The first kappa shape index (κ1) is 16.7. The van der Waals surface area contributed by atoms with Gasteiger partial charge in [-0.3, -0.25) is 0 Å². The molecule has 4 heteroatoms. The molecule has 0 unspecified atom stereocenters. The SMILES string of the molecule is COC(=O)c1ccc(/C=C2\C=C(c3ccc(C)cc3C)OC2=O)cc1. The van der Waals surface area contributed by atoms with Gasteiger partial charge in [-0.2, -0.15) is 0 Å². The summed E-state index contributed by atoms with van der Waals surface area (Å²) >= 11 is 0. The number of ether oxygens (including phenoxy) is 2. The van der Waals surface area contributed by atoms with Gasteiger partial charge >= 0.3 is 11.9 Å². The fraction of sp³-hybridized carbons (Fsp3) is 0.143. The minimum Gasteiger partial charge on any atom is -0.465 e. The van der Waals surface area contributed by atoms with Crippen molar-refractivity contribution >= 4 is 23.8 Å². The summed E-state index contributed by atoms with van der Waals surface area (Å²) in [7, 11) is 1.34. The molecule has 0 N–H and O–H groups in total. The molecule has 0 saturated heterocycles. The van der Waals surface area contributed by atoms with Crippen molar-refractivity contribution in [1.82, 2.24) is 0 Å². The molecule has 0 atom stereocenters. The van der Waals surface area contributed by atoms with Crippen LogP contribution in [-0.2, 0) is 14.3 Å². The zero-order chi connectivity index (χ0) is 18.0. The Bertz CT molecular complexity index is 902. The molecule has 4 nitrogen and oxygen atoms in total. The van der Waals surface area contributed by atoms with E-state index in [1.165, 1.54) is 7.11 Å². The van der Waals surface area contributed by atoms with Gasteiger partial charge in [-0.15, -0.1) is 0 Å². The van der Waals surface area contributed by atoms with E-state index in [2.05, 4.69) is 10.8 Å². The van der Waals surface area contributed by atoms with Crippen molar-refractivity contribution in [1.29, 1.82) is 0 Å². The third kappa shape index (κ3) is 3.53. The topological polar surface area (TPSA) is 52.6 Å². The van der Waals surface area contributed by atoms with Gasteiger partial charge in [-0.05, 0) is 49.3 Å². The number of hydrogen-bond donors (Lipinski definition) is 0. The molecule has 2 aromatic carbocycles. The number of carbonyl (C=O) groups is 2. The number of methoxy groups -OCH3 is 1. The molecule has 126 valence electrons. The Morgan fingerprint density at radius 2 is 1.80 bits per heavy atom. The third-order valence-corrected chi connectivity index (χ3v) is 4.03. The van der Waals surface area contributed by atoms with Gasteiger partial charge in [0.25, 0.3) is 0 Å². The highest BCUT2D eigenvalue weighted by Crippen LogP contribution is 2.29. The molecule has 0 bridgehead atoms.